The molecule has 0 saturated carbocycles. The zero-order chi connectivity index (χ0) is 51.3. The molecule has 70 heavy (non-hydrogen) atoms. The van der Waals surface area contributed by atoms with Gasteiger partial charge in [-0.3, -0.25) is 23.4 Å². The van der Waals surface area contributed by atoms with Gasteiger partial charge >= 0.3 is 25.7 Å². The van der Waals surface area contributed by atoms with Crippen molar-refractivity contribution in [2.24, 2.45) is 0 Å². The van der Waals surface area contributed by atoms with Crippen molar-refractivity contribution in [2.45, 2.75) is 213 Å². The molecule has 11 nitrogen and oxygen atoms in total. The number of esters is 3. The SMILES string of the molecule is CC/C=C\C/C=C\C/C=C\C/C=C\C/C=C\CCCC(=O)OCC(COP(=O)(O)OCC(CO)OC(=O)CCCCCCCCCCCCCCC)OC(=O)CC/C=C\C/C=C\C/C=C\C/C=C\CC. The lowest BCUT2D eigenvalue weighted by atomic mass is 10.0. The van der Waals surface area contributed by atoms with E-state index in [2.05, 4.69) is 106 Å². The molecule has 0 aliphatic carbocycles. The normalized spacial score (nSPS) is 14.3. The van der Waals surface area contributed by atoms with Crippen molar-refractivity contribution in [3.8, 4) is 0 Å². The molecule has 0 heterocycles. The van der Waals surface area contributed by atoms with E-state index < -0.39 is 64.4 Å². The third-order valence-electron chi connectivity index (χ3n) is 10.7. The quantitative estimate of drug-likeness (QED) is 0.0197. The van der Waals surface area contributed by atoms with Crippen molar-refractivity contribution in [2.75, 3.05) is 26.4 Å². The first-order valence-corrected chi connectivity index (χ1v) is 28.3. The van der Waals surface area contributed by atoms with Gasteiger partial charge in [0.05, 0.1) is 19.8 Å². The van der Waals surface area contributed by atoms with E-state index in [4.69, 9.17) is 23.3 Å². The van der Waals surface area contributed by atoms with Crippen LogP contribution in [0.2, 0.25) is 0 Å². The highest BCUT2D eigenvalue weighted by Crippen LogP contribution is 2.43. The van der Waals surface area contributed by atoms with Crippen molar-refractivity contribution >= 4 is 25.7 Å². The van der Waals surface area contributed by atoms with Crippen LogP contribution in [0.4, 0.5) is 0 Å². The van der Waals surface area contributed by atoms with Crippen LogP contribution in [0, 0.1) is 0 Å². The maximum Gasteiger partial charge on any atom is 0.472 e. The van der Waals surface area contributed by atoms with Gasteiger partial charge in [0, 0.05) is 19.3 Å². The molecule has 3 unspecified atom stereocenters. The number of rotatable bonds is 48. The minimum atomic E-state index is -4.78. The molecule has 0 fully saturated rings. The largest absolute Gasteiger partial charge is 0.472 e. The maximum absolute atomic E-state index is 12.9. The van der Waals surface area contributed by atoms with Gasteiger partial charge in [0.25, 0.3) is 0 Å². The number of aliphatic hydroxyl groups is 1. The van der Waals surface area contributed by atoms with Gasteiger partial charge < -0.3 is 24.2 Å². The number of carbonyl (C=O) groups is 3. The lowest BCUT2D eigenvalue weighted by Crippen LogP contribution is -2.30. The third-order valence-corrected chi connectivity index (χ3v) is 11.7. The van der Waals surface area contributed by atoms with Crippen LogP contribution in [0.1, 0.15) is 201 Å². The number of carbonyl (C=O) groups excluding carboxylic acids is 3. The Morgan fingerprint density at radius 1 is 0.414 bits per heavy atom. The van der Waals surface area contributed by atoms with Gasteiger partial charge in [0.1, 0.15) is 12.7 Å². The van der Waals surface area contributed by atoms with Crippen LogP contribution < -0.4 is 0 Å². The van der Waals surface area contributed by atoms with Gasteiger partial charge in [-0.1, -0.05) is 207 Å². The van der Waals surface area contributed by atoms with Crippen molar-refractivity contribution in [1.29, 1.82) is 0 Å². The Balaban J connectivity index is 4.89. The second-order valence-electron chi connectivity index (χ2n) is 17.3. The van der Waals surface area contributed by atoms with Gasteiger partial charge in [-0.2, -0.15) is 0 Å². The number of ether oxygens (including phenoxy) is 3. The topological polar surface area (TPSA) is 155 Å². The number of allylic oxidation sites excluding steroid dienone is 18. The first-order chi connectivity index (χ1) is 34.2. The minimum absolute atomic E-state index is 0.0298. The van der Waals surface area contributed by atoms with E-state index in [1.54, 1.807) is 0 Å². The van der Waals surface area contributed by atoms with Gasteiger partial charge in [-0.15, -0.1) is 0 Å². The Bertz CT molecular complexity index is 1590. The highest BCUT2D eigenvalue weighted by atomic mass is 31.2. The number of unbranched alkanes of at least 4 members (excludes halogenated alkanes) is 13. The number of hydrogen-bond acceptors (Lipinski definition) is 10. The Morgan fingerprint density at radius 2 is 0.771 bits per heavy atom. The third kappa shape index (κ3) is 49.1. The van der Waals surface area contributed by atoms with Gasteiger partial charge in [0.2, 0.25) is 0 Å². The Morgan fingerprint density at radius 3 is 1.21 bits per heavy atom. The highest BCUT2D eigenvalue weighted by molar-refractivity contribution is 7.47. The van der Waals surface area contributed by atoms with Crippen LogP contribution >= 0.6 is 7.82 Å². The molecule has 0 spiro atoms. The fourth-order valence-corrected chi connectivity index (χ4v) is 7.48. The molecule has 0 saturated heterocycles. The summed E-state index contributed by atoms with van der Waals surface area (Å²) in [5.74, 6) is -1.64. The Hall–Kier alpha value is -3.86. The van der Waals surface area contributed by atoms with E-state index in [1.165, 1.54) is 57.8 Å². The van der Waals surface area contributed by atoms with E-state index in [0.29, 0.717) is 32.1 Å². The fourth-order valence-electron chi connectivity index (χ4n) is 6.70. The van der Waals surface area contributed by atoms with Crippen molar-refractivity contribution in [3.05, 3.63) is 109 Å². The van der Waals surface area contributed by atoms with Crippen LogP contribution in [-0.2, 0) is 42.2 Å². The van der Waals surface area contributed by atoms with Gasteiger partial charge in [-0.25, -0.2) is 4.57 Å². The molecular weight excluding hydrogens is 904 g/mol. The molecule has 0 aromatic rings. The first-order valence-electron chi connectivity index (χ1n) is 26.8. The van der Waals surface area contributed by atoms with Crippen LogP contribution in [-0.4, -0.2) is 66.5 Å². The summed E-state index contributed by atoms with van der Waals surface area (Å²) in [7, 11) is -4.78. The van der Waals surface area contributed by atoms with Crippen molar-refractivity contribution in [3.63, 3.8) is 0 Å². The summed E-state index contributed by atoms with van der Waals surface area (Å²) in [6, 6.07) is 0. The molecule has 2 N–H and O–H groups in total. The number of aliphatic hydroxyl groups excluding tert-OH is 1. The second-order valence-corrected chi connectivity index (χ2v) is 18.7. The van der Waals surface area contributed by atoms with Crippen LogP contribution in [0.25, 0.3) is 0 Å². The van der Waals surface area contributed by atoms with Crippen LogP contribution in [0.5, 0.6) is 0 Å². The maximum atomic E-state index is 12.9. The Kier molecular flexibility index (Phi) is 48.7. The molecule has 3 atom stereocenters. The molecule has 0 rings (SSSR count). The molecule has 0 aliphatic heterocycles. The summed E-state index contributed by atoms with van der Waals surface area (Å²) < 4.78 is 39.2. The lowest BCUT2D eigenvalue weighted by Gasteiger charge is -2.21. The summed E-state index contributed by atoms with van der Waals surface area (Å²) in [5.41, 5.74) is 0. The van der Waals surface area contributed by atoms with Crippen LogP contribution in [0.3, 0.4) is 0 Å². The van der Waals surface area contributed by atoms with E-state index in [0.717, 1.165) is 70.6 Å². The molecule has 0 aromatic heterocycles. The summed E-state index contributed by atoms with van der Waals surface area (Å²) in [4.78, 5) is 48.3. The van der Waals surface area contributed by atoms with Crippen molar-refractivity contribution in [1.82, 2.24) is 0 Å². The summed E-state index contributed by atoms with van der Waals surface area (Å²) in [6.45, 7) is 4.24. The predicted octanol–water partition coefficient (Wildman–Crippen LogP) is 15.5. The Labute approximate surface area is 425 Å². The molecule has 0 bridgehead atoms. The fraction of sp³-hybridized carbons (Fsp3) is 0.638. The average molecular weight is 999 g/mol. The smallest absolute Gasteiger partial charge is 0.462 e. The van der Waals surface area contributed by atoms with E-state index in [9.17, 15) is 28.9 Å². The summed E-state index contributed by atoms with van der Waals surface area (Å²) >= 11 is 0. The second kappa shape index (κ2) is 51.5. The standard InChI is InChI=1S/C58H95O11P/c1-4-7-10-13-16-19-22-25-26-27-28-31-32-35-38-41-44-47-56(60)65-51-55(69-58(62)49-46-43-40-37-34-30-24-21-18-15-12-9-6-3)53-67-70(63,64)66-52-54(50-59)68-57(61)48-45-42-39-36-33-29-23-20-17-14-11-8-5-2/h7,9-10,12,16,18-19,21,25-26,28,30-31,34-35,38,40,43,54-55,59H,4-6,8,11,13-15,17,20,22-24,27,29,32-33,36-37,39,41-42,44-53H2,1-3H3,(H,63,64)/b10-7-,12-9-,19-16-,21-18-,26-25-,31-28-,34-30-,38-35-,43-40-. The predicted molar refractivity (Wildman–Crippen MR) is 288 cm³/mol. The van der Waals surface area contributed by atoms with E-state index in [-0.39, 0.29) is 19.3 Å². The molecular formula is C58H95O11P. The van der Waals surface area contributed by atoms with Gasteiger partial charge in [-0.05, 0) is 83.5 Å². The average Bonchev–Trinajstić information content (AvgIpc) is 3.35. The highest BCUT2D eigenvalue weighted by Gasteiger charge is 2.28. The monoisotopic (exact) mass is 999 g/mol. The van der Waals surface area contributed by atoms with Crippen molar-refractivity contribution < 1.29 is 52.2 Å². The summed E-state index contributed by atoms with van der Waals surface area (Å²) in [5, 5.41) is 9.78. The molecule has 0 aliphatic rings. The number of phosphoric ester groups is 1. The first kappa shape index (κ1) is 66.1. The lowest BCUT2D eigenvalue weighted by molar-refractivity contribution is -0.161. The van der Waals surface area contributed by atoms with E-state index in [1.807, 2.05) is 24.3 Å². The zero-order valence-corrected chi connectivity index (χ0v) is 44.6. The zero-order valence-electron chi connectivity index (χ0n) is 43.7. The molecule has 12 heteroatoms. The molecule has 398 valence electrons. The summed E-state index contributed by atoms with van der Waals surface area (Å²) in [6.07, 6.45) is 60.8. The van der Waals surface area contributed by atoms with E-state index >= 15 is 0 Å². The molecule has 0 amide bonds. The minimum Gasteiger partial charge on any atom is -0.462 e. The molecule has 0 radical (unpaired) electrons. The number of phosphoric acid groups is 1. The van der Waals surface area contributed by atoms with Crippen LogP contribution in [0.15, 0.2) is 109 Å². The molecule has 0 aromatic carbocycles. The number of hydrogen-bond donors (Lipinski definition) is 2. The van der Waals surface area contributed by atoms with Gasteiger partial charge in [0.15, 0.2) is 6.10 Å².